The van der Waals surface area contributed by atoms with Crippen molar-refractivity contribution in [2.24, 2.45) is 0 Å². The van der Waals surface area contributed by atoms with Gasteiger partial charge in [-0.15, -0.1) is 0 Å². The van der Waals surface area contributed by atoms with E-state index < -0.39 is 5.82 Å². The molecule has 1 aliphatic rings. The maximum absolute atomic E-state index is 13.3. The molecule has 0 radical (unpaired) electrons. The number of carbonyl (C=O) groups excluding carboxylic acids is 1. The standard InChI is InChI=1S/C16H14ClFN2O/c1-19-16(10-2-4-13(18)12(17)7-10)9-3-5-14-11(6-9)8-15(21)20-14/h2-7,16,19H,8H2,1H3,(H,20,21). The van der Waals surface area contributed by atoms with Crippen molar-refractivity contribution in [3.63, 3.8) is 0 Å². The summed E-state index contributed by atoms with van der Waals surface area (Å²) in [5.41, 5.74) is 3.72. The highest BCUT2D eigenvalue weighted by Crippen LogP contribution is 2.30. The largest absolute Gasteiger partial charge is 0.326 e. The predicted molar refractivity (Wildman–Crippen MR) is 81.1 cm³/mol. The van der Waals surface area contributed by atoms with E-state index in [4.69, 9.17) is 11.6 Å². The summed E-state index contributed by atoms with van der Waals surface area (Å²) in [6, 6.07) is 10.4. The number of carbonyl (C=O) groups is 1. The molecule has 0 aliphatic carbocycles. The molecule has 2 N–H and O–H groups in total. The zero-order valence-corrected chi connectivity index (χ0v) is 12.2. The van der Waals surface area contributed by atoms with Gasteiger partial charge in [0.15, 0.2) is 0 Å². The molecule has 0 aromatic heterocycles. The van der Waals surface area contributed by atoms with Crippen molar-refractivity contribution in [1.29, 1.82) is 0 Å². The second-order valence-electron chi connectivity index (χ2n) is 5.04. The zero-order valence-electron chi connectivity index (χ0n) is 11.4. The van der Waals surface area contributed by atoms with E-state index in [1.54, 1.807) is 12.1 Å². The summed E-state index contributed by atoms with van der Waals surface area (Å²) in [5, 5.41) is 6.11. The maximum atomic E-state index is 13.3. The molecule has 108 valence electrons. The van der Waals surface area contributed by atoms with Crippen LogP contribution < -0.4 is 10.6 Å². The first-order chi connectivity index (χ1) is 10.1. The van der Waals surface area contributed by atoms with Crippen LogP contribution in [0.25, 0.3) is 0 Å². The van der Waals surface area contributed by atoms with Crippen LogP contribution in [0.15, 0.2) is 36.4 Å². The van der Waals surface area contributed by atoms with Gasteiger partial charge < -0.3 is 10.6 Å². The number of amides is 1. The van der Waals surface area contributed by atoms with Crippen molar-refractivity contribution >= 4 is 23.2 Å². The molecule has 1 amide bonds. The topological polar surface area (TPSA) is 41.1 Å². The number of rotatable bonds is 3. The van der Waals surface area contributed by atoms with E-state index in [0.717, 1.165) is 22.4 Å². The molecule has 1 atom stereocenters. The number of halogens is 2. The van der Waals surface area contributed by atoms with Gasteiger partial charge in [0, 0.05) is 5.69 Å². The minimum Gasteiger partial charge on any atom is -0.326 e. The molecule has 2 aromatic rings. The molecule has 0 saturated heterocycles. The van der Waals surface area contributed by atoms with Crippen LogP contribution in [0.1, 0.15) is 22.7 Å². The SMILES string of the molecule is CNC(c1ccc(F)c(Cl)c1)c1ccc2c(c1)CC(=O)N2. The molecule has 1 aliphatic heterocycles. The molecule has 0 saturated carbocycles. The highest BCUT2D eigenvalue weighted by Gasteiger charge is 2.20. The molecule has 21 heavy (non-hydrogen) atoms. The van der Waals surface area contributed by atoms with Gasteiger partial charge in [-0.2, -0.15) is 0 Å². The van der Waals surface area contributed by atoms with Gasteiger partial charge in [0.25, 0.3) is 0 Å². The molecule has 5 heteroatoms. The van der Waals surface area contributed by atoms with Gasteiger partial charge in [0.05, 0.1) is 17.5 Å². The van der Waals surface area contributed by atoms with Crippen LogP contribution in [0.4, 0.5) is 10.1 Å². The molecule has 2 aromatic carbocycles. The number of nitrogens with one attached hydrogen (secondary N) is 2. The summed E-state index contributed by atoms with van der Waals surface area (Å²) in [7, 11) is 1.83. The Morgan fingerprint density at radius 1 is 1.24 bits per heavy atom. The second-order valence-corrected chi connectivity index (χ2v) is 5.44. The van der Waals surface area contributed by atoms with Crippen LogP contribution in [0.5, 0.6) is 0 Å². The molecule has 0 bridgehead atoms. The van der Waals surface area contributed by atoms with Crippen molar-refractivity contribution in [3.8, 4) is 0 Å². The van der Waals surface area contributed by atoms with Crippen molar-refractivity contribution in [1.82, 2.24) is 5.32 Å². The van der Waals surface area contributed by atoms with Crippen LogP contribution >= 0.6 is 11.6 Å². The van der Waals surface area contributed by atoms with Crippen LogP contribution in [0.3, 0.4) is 0 Å². The molecule has 1 unspecified atom stereocenters. The lowest BCUT2D eigenvalue weighted by molar-refractivity contribution is -0.115. The van der Waals surface area contributed by atoms with Gasteiger partial charge in [0.1, 0.15) is 5.82 Å². The fourth-order valence-corrected chi connectivity index (χ4v) is 2.84. The van der Waals surface area contributed by atoms with Crippen molar-refractivity contribution in [3.05, 3.63) is 63.9 Å². The Labute approximate surface area is 127 Å². The molecule has 1 heterocycles. The first-order valence-corrected chi connectivity index (χ1v) is 7.01. The third-order valence-electron chi connectivity index (χ3n) is 3.65. The Balaban J connectivity index is 1.98. The quantitative estimate of drug-likeness (QED) is 0.913. The Bertz CT molecular complexity index is 717. The smallest absolute Gasteiger partial charge is 0.228 e. The third kappa shape index (κ3) is 2.64. The summed E-state index contributed by atoms with van der Waals surface area (Å²) in [4.78, 5) is 11.4. The lowest BCUT2D eigenvalue weighted by atomic mass is 9.96. The Kier molecular flexibility index (Phi) is 3.66. The predicted octanol–water partition coefficient (Wildman–Crippen LogP) is 3.28. The fourth-order valence-electron chi connectivity index (χ4n) is 2.65. The van der Waals surface area contributed by atoms with Gasteiger partial charge in [-0.05, 0) is 41.9 Å². The van der Waals surface area contributed by atoms with Gasteiger partial charge in [-0.25, -0.2) is 4.39 Å². The van der Waals surface area contributed by atoms with Gasteiger partial charge >= 0.3 is 0 Å². The summed E-state index contributed by atoms with van der Waals surface area (Å²) in [5.74, 6) is -0.424. The molecule has 0 fully saturated rings. The van der Waals surface area contributed by atoms with E-state index in [-0.39, 0.29) is 17.0 Å². The summed E-state index contributed by atoms with van der Waals surface area (Å²) in [6.45, 7) is 0. The first kappa shape index (κ1) is 14.0. The Hall–Kier alpha value is -1.91. The number of hydrogen-bond donors (Lipinski definition) is 2. The number of fused-ring (bicyclic) bond motifs is 1. The highest BCUT2D eigenvalue weighted by atomic mass is 35.5. The maximum Gasteiger partial charge on any atom is 0.228 e. The molecular weight excluding hydrogens is 291 g/mol. The fraction of sp³-hybridized carbons (Fsp3) is 0.188. The Morgan fingerprint density at radius 3 is 2.67 bits per heavy atom. The van der Waals surface area contributed by atoms with Crippen LogP contribution in [-0.2, 0) is 11.2 Å². The van der Waals surface area contributed by atoms with Gasteiger partial charge in [-0.3, -0.25) is 4.79 Å². The number of hydrogen-bond acceptors (Lipinski definition) is 2. The number of anilines is 1. The Morgan fingerprint density at radius 2 is 1.95 bits per heavy atom. The van der Waals surface area contributed by atoms with E-state index in [1.165, 1.54) is 6.07 Å². The summed E-state index contributed by atoms with van der Waals surface area (Å²) in [6.07, 6.45) is 0.393. The highest BCUT2D eigenvalue weighted by molar-refractivity contribution is 6.30. The lowest BCUT2D eigenvalue weighted by Crippen LogP contribution is -2.17. The zero-order chi connectivity index (χ0) is 15.0. The molecular formula is C16H14ClFN2O. The van der Waals surface area contributed by atoms with Crippen LogP contribution in [-0.4, -0.2) is 13.0 Å². The minimum absolute atomic E-state index is 0.00739. The first-order valence-electron chi connectivity index (χ1n) is 6.63. The van der Waals surface area contributed by atoms with E-state index in [9.17, 15) is 9.18 Å². The van der Waals surface area contributed by atoms with Crippen LogP contribution in [0, 0.1) is 5.82 Å². The van der Waals surface area contributed by atoms with E-state index in [1.807, 2.05) is 25.2 Å². The number of benzene rings is 2. The lowest BCUT2D eigenvalue weighted by Gasteiger charge is -2.18. The second kappa shape index (κ2) is 5.47. The van der Waals surface area contributed by atoms with E-state index in [2.05, 4.69) is 10.6 Å². The van der Waals surface area contributed by atoms with E-state index in [0.29, 0.717) is 6.42 Å². The summed E-state index contributed by atoms with van der Waals surface area (Å²) >= 11 is 5.86. The average Bonchev–Trinajstić information content (AvgIpc) is 2.83. The average molecular weight is 305 g/mol. The van der Waals surface area contributed by atoms with E-state index >= 15 is 0 Å². The third-order valence-corrected chi connectivity index (χ3v) is 3.94. The summed E-state index contributed by atoms with van der Waals surface area (Å²) < 4.78 is 13.3. The molecule has 3 rings (SSSR count). The normalized spacial score (nSPS) is 14.7. The monoisotopic (exact) mass is 304 g/mol. The van der Waals surface area contributed by atoms with Crippen LogP contribution in [0.2, 0.25) is 5.02 Å². The molecule has 0 spiro atoms. The van der Waals surface area contributed by atoms with Crippen molar-refractivity contribution in [2.45, 2.75) is 12.5 Å². The minimum atomic E-state index is -0.431. The van der Waals surface area contributed by atoms with Gasteiger partial charge in [-0.1, -0.05) is 29.8 Å². The van der Waals surface area contributed by atoms with Gasteiger partial charge in [0.2, 0.25) is 5.91 Å². The van der Waals surface area contributed by atoms with Crippen molar-refractivity contribution in [2.75, 3.05) is 12.4 Å². The van der Waals surface area contributed by atoms with Crippen molar-refractivity contribution < 1.29 is 9.18 Å². The molecule has 3 nitrogen and oxygen atoms in total.